The molecule has 0 spiro atoms. The highest BCUT2D eigenvalue weighted by atomic mass is 79.9. The number of carbonyl (C=O) groups excluding carboxylic acids is 2. The quantitative estimate of drug-likeness (QED) is 0.609. The predicted octanol–water partition coefficient (Wildman–Crippen LogP) is 2.44. The van der Waals surface area contributed by atoms with Crippen LogP contribution in [0.4, 0.5) is 0 Å². The van der Waals surface area contributed by atoms with E-state index in [2.05, 4.69) is 31.3 Å². The van der Waals surface area contributed by atoms with Gasteiger partial charge >= 0.3 is 0 Å². The van der Waals surface area contributed by atoms with Gasteiger partial charge in [0.1, 0.15) is 0 Å². The van der Waals surface area contributed by atoms with Gasteiger partial charge in [0.15, 0.2) is 0 Å². The van der Waals surface area contributed by atoms with Crippen LogP contribution in [-0.2, 0) is 11.3 Å². The Kier molecular flexibility index (Phi) is 5.23. The third kappa shape index (κ3) is 3.65. The number of pyridine rings is 1. The molecule has 0 saturated carbocycles. The van der Waals surface area contributed by atoms with E-state index in [0.717, 1.165) is 26.6 Å². The molecule has 0 aliphatic carbocycles. The van der Waals surface area contributed by atoms with Crippen LogP contribution in [0.25, 0.3) is 10.9 Å². The van der Waals surface area contributed by atoms with E-state index in [1.165, 1.54) is 0 Å². The average molecular weight is 472 g/mol. The molecule has 156 valence electrons. The lowest BCUT2D eigenvalue weighted by atomic mass is 10.1. The van der Waals surface area contributed by atoms with Crippen molar-refractivity contribution in [2.75, 3.05) is 13.1 Å². The Morgan fingerprint density at radius 2 is 2.00 bits per heavy atom. The minimum absolute atomic E-state index is 0.0466. The van der Waals surface area contributed by atoms with Crippen molar-refractivity contribution in [3.05, 3.63) is 61.6 Å². The highest BCUT2D eigenvalue weighted by Crippen LogP contribution is 2.29. The molecule has 3 heterocycles. The summed E-state index contributed by atoms with van der Waals surface area (Å²) in [6, 6.07) is 5.64. The van der Waals surface area contributed by atoms with Crippen LogP contribution in [0.15, 0.2) is 33.7 Å². The van der Waals surface area contributed by atoms with Crippen LogP contribution in [0, 0.1) is 13.8 Å². The van der Waals surface area contributed by atoms with Gasteiger partial charge in [-0.1, -0.05) is 15.9 Å². The first kappa shape index (κ1) is 20.3. The number of carbonyl (C=O) groups is 2. The number of H-pyrrole nitrogens is 1. The number of hydrogen-bond donors (Lipinski definition) is 2. The van der Waals surface area contributed by atoms with Gasteiger partial charge in [-0.15, -0.1) is 0 Å². The molecule has 0 atom stereocenters. The zero-order valence-corrected chi connectivity index (χ0v) is 18.5. The number of halogens is 1. The molecular weight excluding hydrogens is 450 g/mol. The van der Waals surface area contributed by atoms with Gasteiger partial charge in [-0.2, -0.15) is 5.10 Å². The first-order valence-electron chi connectivity index (χ1n) is 9.64. The second-order valence-corrected chi connectivity index (χ2v) is 8.59. The molecule has 8 nitrogen and oxygen atoms in total. The molecule has 30 heavy (non-hydrogen) atoms. The fraction of sp³-hybridized carbons (Fsp3) is 0.333. The first-order valence-corrected chi connectivity index (χ1v) is 10.4. The summed E-state index contributed by atoms with van der Waals surface area (Å²) in [6.45, 7) is 6.58. The number of amides is 2. The van der Waals surface area contributed by atoms with Gasteiger partial charge in [-0.25, -0.2) is 0 Å². The van der Waals surface area contributed by atoms with Gasteiger partial charge in [-0.05, 0) is 37.6 Å². The summed E-state index contributed by atoms with van der Waals surface area (Å²) < 4.78 is 2.62. The Bertz CT molecular complexity index is 1220. The summed E-state index contributed by atoms with van der Waals surface area (Å²) in [5.74, 6) is -0.232. The number of rotatable bonds is 4. The van der Waals surface area contributed by atoms with E-state index in [-0.39, 0.29) is 30.0 Å². The van der Waals surface area contributed by atoms with Gasteiger partial charge in [0.25, 0.3) is 11.5 Å². The number of aryl methyl sites for hydroxylation is 2. The van der Waals surface area contributed by atoms with Crippen LogP contribution >= 0.6 is 15.9 Å². The number of likely N-dealkylation sites (tertiary alicyclic amines) is 1. The first-order chi connectivity index (χ1) is 14.2. The molecule has 1 saturated heterocycles. The Balaban J connectivity index is 1.59. The molecule has 2 aromatic heterocycles. The van der Waals surface area contributed by atoms with Crippen LogP contribution in [0.5, 0.6) is 0 Å². The zero-order valence-electron chi connectivity index (χ0n) is 17.0. The van der Waals surface area contributed by atoms with Crippen molar-refractivity contribution in [1.82, 2.24) is 25.0 Å². The molecule has 2 N–H and O–H groups in total. The lowest BCUT2D eigenvalue weighted by Gasteiger charge is -2.38. The standard InChI is InChI=1S/C21H22BrN5O3/c1-11-4-12(2)25-21(30)17(11)7-23-20(29)16-5-14(22)6-19-18(16)8-24-27(19)15-9-26(10-15)13(3)28/h4-6,8,15H,7,9-10H2,1-3H3,(H,23,29)(H,25,30). The van der Waals surface area contributed by atoms with E-state index in [1.807, 2.05) is 30.7 Å². The van der Waals surface area contributed by atoms with Crippen molar-refractivity contribution in [3.8, 4) is 0 Å². The van der Waals surface area contributed by atoms with Crippen LogP contribution in [0.1, 0.15) is 40.1 Å². The number of benzene rings is 1. The van der Waals surface area contributed by atoms with E-state index in [9.17, 15) is 14.4 Å². The molecule has 1 aliphatic rings. The maximum atomic E-state index is 12.9. The van der Waals surface area contributed by atoms with Crippen molar-refractivity contribution in [2.24, 2.45) is 0 Å². The van der Waals surface area contributed by atoms with Gasteiger partial charge in [-0.3, -0.25) is 19.1 Å². The summed E-state index contributed by atoms with van der Waals surface area (Å²) in [5.41, 5.74) is 3.27. The summed E-state index contributed by atoms with van der Waals surface area (Å²) >= 11 is 3.48. The average Bonchev–Trinajstić information content (AvgIpc) is 3.01. The van der Waals surface area contributed by atoms with Gasteiger partial charge in [0.2, 0.25) is 5.91 Å². The number of nitrogens with zero attached hydrogens (tertiary/aromatic N) is 3. The largest absolute Gasteiger partial charge is 0.348 e. The van der Waals surface area contributed by atoms with Gasteiger partial charge < -0.3 is 15.2 Å². The third-order valence-corrected chi connectivity index (χ3v) is 5.96. The van der Waals surface area contributed by atoms with Crippen molar-refractivity contribution in [2.45, 2.75) is 33.4 Å². The van der Waals surface area contributed by atoms with Gasteiger partial charge in [0.05, 0.1) is 23.3 Å². The fourth-order valence-corrected chi connectivity index (χ4v) is 4.27. The van der Waals surface area contributed by atoms with Crippen LogP contribution in [0.3, 0.4) is 0 Å². The minimum Gasteiger partial charge on any atom is -0.348 e. The van der Waals surface area contributed by atoms with Crippen LogP contribution in [-0.4, -0.2) is 44.6 Å². The smallest absolute Gasteiger partial charge is 0.253 e. The molecule has 0 radical (unpaired) electrons. The molecule has 4 rings (SSSR count). The monoisotopic (exact) mass is 471 g/mol. The van der Waals surface area contributed by atoms with Crippen LogP contribution in [0.2, 0.25) is 0 Å². The number of nitrogens with one attached hydrogen (secondary N) is 2. The van der Waals surface area contributed by atoms with Crippen molar-refractivity contribution < 1.29 is 9.59 Å². The van der Waals surface area contributed by atoms with E-state index in [1.54, 1.807) is 24.1 Å². The number of hydrogen-bond acceptors (Lipinski definition) is 4. The third-order valence-electron chi connectivity index (χ3n) is 5.50. The van der Waals surface area contributed by atoms with Crippen molar-refractivity contribution in [3.63, 3.8) is 0 Å². The lowest BCUT2D eigenvalue weighted by molar-refractivity contribution is -0.134. The lowest BCUT2D eigenvalue weighted by Crippen LogP contribution is -2.50. The second-order valence-electron chi connectivity index (χ2n) is 7.68. The molecule has 1 fully saturated rings. The molecular formula is C21H22BrN5O3. The molecule has 2 amide bonds. The maximum Gasteiger partial charge on any atom is 0.253 e. The second kappa shape index (κ2) is 7.71. The molecule has 9 heteroatoms. The Morgan fingerprint density at radius 1 is 1.27 bits per heavy atom. The van der Waals surface area contributed by atoms with E-state index in [0.29, 0.717) is 24.2 Å². The number of aromatic nitrogens is 3. The molecule has 3 aromatic rings. The maximum absolute atomic E-state index is 12.9. The molecule has 0 unspecified atom stereocenters. The molecule has 1 aromatic carbocycles. The summed E-state index contributed by atoms with van der Waals surface area (Å²) in [4.78, 5) is 41.1. The van der Waals surface area contributed by atoms with Crippen molar-refractivity contribution >= 4 is 38.6 Å². The fourth-order valence-electron chi connectivity index (χ4n) is 3.82. The molecule has 1 aliphatic heterocycles. The van der Waals surface area contributed by atoms with Crippen molar-refractivity contribution in [1.29, 1.82) is 0 Å². The Morgan fingerprint density at radius 3 is 2.67 bits per heavy atom. The van der Waals surface area contributed by atoms with E-state index < -0.39 is 0 Å². The highest BCUT2D eigenvalue weighted by Gasteiger charge is 2.32. The summed E-state index contributed by atoms with van der Waals surface area (Å²) in [7, 11) is 0. The van der Waals surface area contributed by atoms with E-state index >= 15 is 0 Å². The highest BCUT2D eigenvalue weighted by molar-refractivity contribution is 9.10. The molecule has 0 bridgehead atoms. The number of fused-ring (bicyclic) bond motifs is 1. The normalized spacial score (nSPS) is 14.1. The SMILES string of the molecule is CC(=O)N1CC(n2ncc3c(C(=O)NCc4c(C)cc(C)[nH]c4=O)cc(Br)cc32)C1. The Labute approximate surface area is 181 Å². The topological polar surface area (TPSA) is 100 Å². The van der Waals surface area contributed by atoms with Crippen LogP contribution < -0.4 is 10.9 Å². The number of aromatic amines is 1. The summed E-state index contributed by atoms with van der Waals surface area (Å²) in [5, 5.41) is 8.06. The predicted molar refractivity (Wildman–Crippen MR) is 116 cm³/mol. The van der Waals surface area contributed by atoms with E-state index in [4.69, 9.17) is 0 Å². The zero-order chi connectivity index (χ0) is 21.6. The minimum atomic E-state index is -0.279. The Hall–Kier alpha value is -2.94. The summed E-state index contributed by atoms with van der Waals surface area (Å²) in [6.07, 6.45) is 1.68. The van der Waals surface area contributed by atoms with Gasteiger partial charge in [0, 0.05) is 47.7 Å².